The van der Waals surface area contributed by atoms with Gasteiger partial charge >= 0.3 is 6.18 Å². The quantitative estimate of drug-likeness (QED) is 0.298. The molecule has 0 radical (unpaired) electrons. The number of amides is 1. The van der Waals surface area contributed by atoms with Crippen molar-refractivity contribution < 1.29 is 18.0 Å². The topological polar surface area (TPSA) is 85.0 Å². The van der Waals surface area contributed by atoms with Gasteiger partial charge in [-0.2, -0.15) is 18.3 Å². The van der Waals surface area contributed by atoms with Gasteiger partial charge in [-0.1, -0.05) is 73.9 Å². The van der Waals surface area contributed by atoms with Crippen molar-refractivity contribution in [2.45, 2.75) is 56.8 Å². The van der Waals surface area contributed by atoms with Gasteiger partial charge in [0.15, 0.2) is 5.69 Å². The molecule has 1 saturated carbocycles. The van der Waals surface area contributed by atoms with Gasteiger partial charge in [-0.3, -0.25) is 4.79 Å². The minimum Gasteiger partial charge on any atom is -0.330 e. The molecule has 1 aromatic heterocycles. The number of alkyl halides is 3. The standard InChI is InChI=1S/C31H34F3N5O/c32-31(33,34)28-19-27(39(38-28)26-16-7-9-21(17-26)20-35)30(40)37-25-15-8-12-23(18-25)29(22-10-3-1-4-11-22)36-24-13-5-2-6-14-24/h1,3-4,7-12,15-16,18-19,21,24,29,36H,2,5-6,13-14,17,20,35H2,(H,37,40). The van der Waals surface area contributed by atoms with E-state index in [1.807, 2.05) is 42.5 Å². The van der Waals surface area contributed by atoms with Crippen molar-refractivity contribution in [3.8, 4) is 0 Å². The number of benzene rings is 2. The Morgan fingerprint density at radius 1 is 1.02 bits per heavy atom. The number of carbonyl (C=O) groups is 1. The molecule has 210 valence electrons. The third-order valence-corrected chi connectivity index (χ3v) is 7.57. The molecule has 0 bridgehead atoms. The van der Waals surface area contributed by atoms with Crippen LogP contribution in [-0.2, 0) is 6.18 Å². The van der Waals surface area contributed by atoms with E-state index in [0.29, 0.717) is 30.4 Å². The zero-order chi connectivity index (χ0) is 28.1. The molecule has 5 rings (SSSR count). The molecule has 4 N–H and O–H groups in total. The van der Waals surface area contributed by atoms with Gasteiger partial charge in [0.05, 0.1) is 6.04 Å². The van der Waals surface area contributed by atoms with E-state index >= 15 is 0 Å². The minimum absolute atomic E-state index is 0.0438. The molecule has 2 aromatic carbocycles. The number of nitrogens with two attached hydrogens (primary N) is 1. The SMILES string of the molecule is NCC1C=CC=C(n2nc(C(F)(F)F)cc2C(=O)Nc2cccc(C(NC3CCCCC3)c3ccccc3)c2)C1. The van der Waals surface area contributed by atoms with E-state index in [-0.39, 0.29) is 17.7 Å². The maximum atomic E-state index is 13.6. The minimum atomic E-state index is -4.69. The normalized spacial score (nSPS) is 18.8. The molecule has 3 aromatic rings. The molecule has 2 aliphatic rings. The number of aromatic nitrogens is 2. The van der Waals surface area contributed by atoms with Gasteiger partial charge in [0.25, 0.3) is 5.91 Å². The van der Waals surface area contributed by atoms with Crippen LogP contribution in [0, 0.1) is 5.92 Å². The first-order valence-electron chi connectivity index (χ1n) is 13.8. The Balaban J connectivity index is 1.43. The van der Waals surface area contributed by atoms with E-state index in [0.717, 1.165) is 34.7 Å². The molecule has 2 aliphatic carbocycles. The summed E-state index contributed by atoms with van der Waals surface area (Å²) in [4.78, 5) is 13.4. The Morgan fingerprint density at radius 3 is 2.50 bits per heavy atom. The highest BCUT2D eigenvalue weighted by molar-refractivity contribution is 6.04. The van der Waals surface area contributed by atoms with Gasteiger partial charge in [-0.15, -0.1) is 0 Å². The first-order valence-corrected chi connectivity index (χ1v) is 13.8. The molecule has 9 heteroatoms. The smallest absolute Gasteiger partial charge is 0.330 e. The van der Waals surface area contributed by atoms with E-state index in [9.17, 15) is 18.0 Å². The van der Waals surface area contributed by atoms with Gasteiger partial charge in [0.1, 0.15) is 5.69 Å². The van der Waals surface area contributed by atoms with Crippen molar-refractivity contribution in [2.24, 2.45) is 11.7 Å². The lowest BCUT2D eigenvalue weighted by molar-refractivity contribution is -0.141. The lowest BCUT2D eigenvalue weighted by Gasteiger charge is -2.29. The third kappa shape index (κ3) is 6.54. The van der Waals surface area contributed by atoms with Gasteiger partial charge in [0.2, 0.25) is 0 Å². The predicted octanol–water partition coefficient (Wildman–Crippen LogP) is 6.54. The summed E-state index contributed by atoms with van der Waals surface area (Å²) in [5, 5.41) is 10.4. The second-order valence-electron chi connectivity index (χ2n) is 10.5. The molecule has 2 atom stereocenters. The Morgan fingerprint density at radius 2 is 1.77 bits per heavy atom. The van der Waals surface area contributed by atoms with Crippen LogP contribution in [0.4, 0.5) is 18.9 Å². The van der Waals surface area contributed by atoms with Gasteiger partial charge in [0, 0.05) is 23.5 Å². The first kappa shape index (κ1) is 27.9. The number of hydrogen-bond donors (Lipinski definition) is 3. The number of nitrogens with zero attached hydrogens (tertiary/aromatic N) is 2. The summed E-state index contributed by atoms with van der Waals surface area (Å²) in [5.74, 6) is -0.714. The van der Waals surface area contributed by atoms with Gasteiger partial charge < -0.3 is 16.4 Å². The Labute approximate surface area is 232 Å². The molecule has 1 fully saturated rings. The van der Waals surface area contributed by atoms with E-state index < -0.39 is 17.8 Å². The maximum absolute atomic E-state index is 13.6. The van der Waals surface area contributed by atoms with Crippen molar-refractivity contribution in [3.63, 3.8) is 0 Å². The van der Waals surface area contributed by atoms with Crippen LogP contribution in [0.1, 0.15) is 71.9 Å². The van der Waals surface area contributed by atoms with Gasteiger partial charge in [-0.25, -0.2) is 4.68 Å². The van der Waals surface area contributed by atoms with E-state index in [1.165, 1.54) is 19.3 Å². The fraction of sp³-hybridized carbons (Fsp3) is 0.355. The number of hydrogen-bond acceptors (Lipinski definition) is 4. The largest absolute Gasteiger partial charge is 0.435 e. The summed E-state index contributed by atoms with van der Waals surface area (Å²) in [7, 11) is 0. The molecule has 1 heterocycles. The summed E-state index contributed by atoms with van der Waals surface area (Å²) >= 11 is 0. The summed E-state index contributed by atoms with van der Waals surface area (Å²) in [5.41, 5.74) is 7.52. The maximum Gasteiger partial charge on any atom is 0.435 e. The molecule has 40 heavy (non-hydrogen) atoms. The van der Waals surface area contributed by atoms with E-state index in [1.54, 1.807) is 18.2 Å². The van der Waals surface area contributed by atoms with Crippen LogP contribution in [0.2, 0.25) is 0 Å². The molecular weight excluding hydrogens is 515 g/mol. The summed E-state index contributed by atoms with van der Waals surface area (Å²) in [6, 6.07) is 18.7. The average molecular weight is 550 g/mol. The molecule has 0 saturated heterocycles. The number of allylic oxidation sites excluding steroid dienone is 3. The van der Waals surface area contributed by atoms with Crippen LogP contribution >= 0.6 is 0 Å². The van der Waals surface area contributed by atoms with Crippen molar-refractivity contribution in [3.05, 3.63) is 101 Å². The number of nitrogens with one attached hydrogen (secondary N) is 2. The second kappa shape index (κ2) is 12.2. The predicted molar refractivity (Wildman–Crippen MR) is 150 cm³/mol. The lowest BCUT2D eigenvalue weighted by Crippen LogP contribution is -2.35. The number of carbonyl (C=O) groups excluding carboxylic acids is 1. The molecule has 6 nitrogen and oxygen atoms in total. The second-order valence-corrected chi connectivity index (χ2v) is 10.5. The monoisotopic (exact) mass is 549 g/mol. The lowest BCUT2D eigenvalue weighted by atomic mass is 9.92. The number of rotatable bonds is 8. The van der Waals surface area contributed by atoms with Crippen LogP contribution in [0.3, 0.4) is 0 Å². The fourth-order valence-corrected chi connectivity index (χ4v) is 5.47. The van der Waals surface area contributed by atoms with Crippen molar-refractivity contribution in [1.82, 2.24) is 15.1 Å². The zero-order valence-corrected chi connectivity index (χ0v) is 22.2. The van der Waals surface area contributed by atoms with Gasteiger partial charge in [-0.05, 0) is 61.1 Å². The summed E-state index contributed by atoms with van der Waals surface area (Å²) in [6.07, 6.45) is 6.86. The Bertz CT molecular complexity index is 1370. The van der Waals surface area contributed by atoms with Crippen LogP contribution in [0.25, 0.3) is 5.70 Å². The summed E-state index contributed by atoms with van der Waals surface area (Å²) < 4.78 is 41.9. The van der Waals surface area contributed by atoms with Crippen molar-refractivity contribution in [1.29, 1.82) is 0 Å². The summed E-state index contributed by atoms with van der Waals surface area (Å²) in [6.45, 7) is 0.340. The fourth-order valence-electron chi connectivity index (χ4n) is 5.47. The highest BCUT2D eigenvalue weighted by atomic mass is 19.4. The third-order valence-electron chi connectivity index (χ3n) is 7.57. The molecule has 0 spiro atoms. The van der Waals surface area contributed by atoms with Crippen molar-refractivity contribution >= 4 is 17.3 Å². The van der Waals surface area contributed by atoms with E-state index in [2.05, 4.69) is 27.9 Å². The molecule has 2 unspecified atom stereocenters. The van der Waals surface area contributed by atoms with Crippen LogP contribution in [-0.4, -0.2) is 28.3 Å². The van der Waals surface area contributed by atoms with Crippen LogP contribution in [0.15, 0.2) is 78.9 Å². The molecule has 1 amide bonds. The highest BCUT2D eigenvalue weighted by Crippen LogP contribution is 2.32. The van der Waals surface area contributed by atoms with E-state index in [4.69, 9.17) is 5.73 Å². The highest BCUT2D eigenvalue weighted by Gasteiger charge is 2.36. The van der Waals surface area contributed by atoms with Crippen LogP contribution in [0.5, 0.6) is 0 Å². The Hall–Kier alpha value is -3.69. The van der Waals surface area contributed by atoms with Crippen LogP contribution < -0.4 is 16.4 Å². The zero-order valence-electron chi connectivity index (χ0n) is 22.2. The number of anilines is 1. The number of halogens is 3. The Kier molecular flexibility index (Phi) is 8.52. The van der Waals surface area contributed by atoms with Crippen molar-refractivity contribution in [2.75, 3.05) is 11.9 Å². The molecular formula is C31H34F3N5O. The first-order chi connectivity index (χ1) is 19.3. The molecule has 0 aliphatic heterocycles. The average Bonchev–Trinajstić information content (AvgIpc) is 3.44.